The van der Waals surface area contributed by atoms with Gasteiger partial charge < -0.3 is 0 Å². The van der Waals surface area contributed by atoms with Crippen molar-refractivity contribution in [3.8, 4) is 33.8 Å². The molecule has 1 aliphatic heterocycles. The summed E-state index contributed by atoms with van der Waals surface area (Å²) < 4.78 is 17.0. The number of aryl methyl sites for hydroxylation is 2. The summed E-state index contributed by atoms with van der Waals surface area (Å²) >= 11 is -5.04. The molecule has 0 saturated carbocycles. The molecule has 2 nitrogen and oxygen atoms in total. The van der Waals surface area contributed by atoms with Crippen LogP contribution >= 0.6 is 0 Å². The Hall–Kier alpha value is -4.50. The van der Waals surface area contributed by atoms with E-state index in [1.54, 1.807) is 21.5 Å². The van der Waals surface area contributed by atoms with Crippen LogP contribution < -0.4 is 5.63 Å². The van der Waals surface area contributed by atoms with E-state index in [1.165, 1.54) is 66.8 Å². The summed E-state index contributed by atoms with van der Waals surface area (Å²) in [6.07, 6.45) is 1.88. The Balaban J connectivity index is 1.50. The summed E-state index contributed by atoms with van der Waals surface area (Å²) in [6.45, 7) is 28.6. The Bertz CT molecular complexity index is 2590. The Labute approximate surface area is 378 Å². The molecule has 0 amide bonds. The number of benzene rings is 6. The Morgan fingerprint density at radius 3 is 1.24 bits per heavy atom. The van der Waals surface area contributed by atoms with E-state index in [2.05, 4.69) is 216 Å². The van der Waals surface area contributed by atoms with Gasteiger partial charge in [0.05, 0.1) is 0 Å². The molecule has 0 fully saturated rings. The van der Waals surface area contributed by atoms with Crippen LogP contribution in [0.4, 0.5) is 0 Å². The van der Waals surface area contributed by atoms with Gasteiger partial charge in [-0.2, -0.15) is 0 Å². The zero-order chi connectivity index (χ0) is 43.9. The molecule has 0 radical (unpaired) electrons. The summed E-state index contributed by atoms with van der Waals surface area (Å²) in [5, 5.41) is 3.20. The SMILES string of the molecule is CCC1=C2c3c(-c4ccccc4)cccc3[CH]1[Zr]([O]c1ccc(C)cc1C(C)(C)C)([O]c1ccc(C)cc1C(C)(C)C)[CH]1C(CC)=C(c3c(-c4ccccc4)cccc31)[Si]2(C)C. The zero-order valence-electron chi connectivity index (χ0n) is 39.1. The van der Waals surface area contributed by atoms with Crippen LogP contribution in [0.15, 0.2) is 145 Å². The summed E-state index contributed by atoms with van der Waals surface area (Å²) in [4.78, 5) is 0. The minimum absolute atomic E-state index is 0.00240. The summed E-state index contributed by atoms with van der Waals surface area (Å²) in [6, 6.07) is 50.5. The Morgan fingerprint density at radius 2 is 0.887 bits per heavy atom. The molecule has 2 unspecified atom stereocenters. The molecule has 0 N–H and O–H groups in total. The van der Waals surface area contributed by atoms with Crippen LogP contribution in [-0.4, -0.2) is 8.07 Å². The van der Waals surface area contributed by atoms with Gasteiger partial charge in [0.15, 0.2) is 0 Å². The Morgan fingerprint density at radius 1 is 0.500 bits per heavy atom. The predicted molar refractivity (Wildman–Crippen MR) is 262 cm³/mol. The second-order valence-electron chi connectivity index (χ2n) is 20.7. The van der Waals surface area contributed by atoms with Crippen LogP contribution in [0.1, 0.15) is 120 Å². The topological polar surface area (TPSA) is 18.5 Å². The molecule has 6 aromatic rings. The number of fused-ring (bicyclic) bond motifs is 8. The quantitative estimate of drug-likeness (QED) is 0.142. The average molecular weight is 912 g/mol. The molecule has 9 rings (SSSR count). The van der Waals surface area contributed by atoms with Crippen LogP contribution in [0.5, 0.6) is 11.5 Å². The summed E-state index contributed by atoms with van der Waals surface area (Å²) in [5.41, 5.74) is 18.7. The minimum atomic E-state index is -5.04. The van der Waals surface area contributed by atoms with Crippen molar-refractivity contribution in [2.75, 3.05) is 0 Å². The van der Waals surface area contributed by atoms with E-state index in [9.17, 15) is 0 Å². The van der Waals surface area contributed by atoms with E-state index in [4.69, 9.17) is 5.63 Å². The van der Waals surface area contributed by atoms with E-state index in [0.29, 0.717) is 0 Å². The fourth-order valence-electron chi connectivity index (χ4n) is 11.5. The van der Waals surface area contributed by atoms with Crippen LogP contribution in [0, 0.1) is 13.8 Å². The van der Waals surface area contributed by atoms with Crippen molar-refractivity contribution >= 4 is 18.5 Å². The fraction of sp³-hybridized carbons (Fsp3) is 0.310. The van der Waals surface area contributed by atoms with E-state index in [1.807, 2.05) is 0 Å². The number of allylic oxidation sites excluding steroid dienone is 2. The van der Waals surface area contributed by atoms with E-state index >= 15 is 0 Å². The van der Waals surface area contributed by atoms with Crippen LogP contribution in [0.25, 0.3) is 32.6 Å². The van der Waals surface area contributed by atoms with Crippen molar-refractivity contribution in [2.45, 2.75) is 113 Å². The first-order valence-corrected chi connectivity index (χ1v) is 30.8. The van der Waals surface area contributed by atoms with Crippen molar-refractivity contribution in [3.63, 3.8) is 0 Å². The van der Waals surface area contributed by atoms with Crippen molar-refractivity contribution in [2.24, 2.45) is 0 Å². The van der Waals surface area contributed by atoms with E-state index in [0.717, 1.165) is 24.3 Å². The van der Waals surface area contributed by atoms with Crippen LogP contribution in [-0.2, 0) is 32.0 Å². The third kappa shape index (κ3) is 6.82. The normalized spacial score (nSPS) is 18.6. The van der Waals surface area contributed by atoms with Crippen LogP contribution in [0.3, 0.4) is 0 Å². The molecular formula is C58H64O2SiZr. The van der Waals surface area contributed by atoms with Gasteiger partial charge in [0, 0.05) is 0 Å². The fourth-order valence-corrected chi connectivity index (χ4v) is 28.6. The second-order valence-corrected chi connectivity index (χ2v) is 32.3. The molecule has 4 bridgehead atoms. The third-order valence-corrected chi connectivity index (χ3v) is 27.6. The summed E-state index contributed by atoms with van der Waals surface area (Å²) in [7, 11) is -2.51. The maximum absolute atomic E-state index is 8.53. The van der Waals surface area contributed by atoms with Gasteiger partial charge in [-0.3, -0.25) is 0 Å². The summed E-state index contributed by atoms with van der Waals surface area (Å²) in [5.74, 6) is 1.96. The molecular weight excluding hydrogens is 848 g/mol. The van der Waals surface area contributed by atoms with Gasteiger partial charge in [0.2, 0.25) is 0 Å². The first kappa shape index (κ1) is 42.8. The molecule has 6 aromatic carbocycles. The van der Waals surface area contributed by atoms with Crippen LogP contribution in [0.2, 0.25) is 13.1 Å². The molecule has 0 aromatic heterocycles. The monoisotopic (exact) mass is 910 g/mol. The molecule has 2 atom stereocenters. The van der Waals surface area contributed by atoms with Gasteiger partial charge in [-0.05, 0) is 0 Å². The first-order valence-electron chi connectivity index (χ1n) is 23.0. The molecule has 316 valence electrons. The third-order valence-electron chi connectivity index (χ3n) is 14.1. The average Bonchev–Trinajstić information content (AvgIpc) is 3.80. The van der Waals surface area contributed by atoms with Gasteiger partial charge in [-0.1, -0.05) is 0 Å². The number of hydrogen-bond donors (Lipinski definition) is 0. The molecule has 0 saturated heterocycles. The number of hydrogen-bond acceptors (Lipinski definition) is 2. The first-order chi connectivity index (χ1) is 29.5. The molecule has 0 spiro atoms. The number of rotatable bonds is 8. The zero-order valence-corrected chi connectivity index (χ0v) is 42.5. The molecule has 1 heterocycles. The van der Waals surface area contributed by atoms with Crippen molar-refractivity contribution in [3.05, 3.63) is 189 Å². The van der Waals surface area contributed by atoms with E-state index in [-0.39, 0.29) is 18.1 Å². The Kier molecular flexibility index (Phi) is 10.8. The predicted octanol–water partition coefficient (Wildman–Crippen LogP) is 16.3. The van der Waals surface area contributed by atoms with Crippen molar-refractivity contribution in [1.82, 2.24) is 0 Å². The molecule has 2 aliphatic carbocycles. The van der Waals surface area contributed by atoms with Gasteiger partial charge in [-0.25, -0.2) is 0 Å². The van der Waals surface area contributed by atoms with Gasteiger partial charge in [0.1, 0.15) is 0 Å². The second kappa shape index (κ2) is 15.6. The van der Waals surface area contributed by atoms with Crippen molar-refractivity contribution in [1.29, 1.82) is 0 Å². The molecule has 4 heteroatoms. The van der Waals surface area contributed by atoms with Crippen molar-refractivity contribution < 1.29 is 26.8 Å². The molecule has 62 heavy (non-hydrogen) atoms. The molecule has 3 aliphatic rings. The maximum atomic E-state index is 8.53. The van der Waals surface area contributed by atoms with Gasteiger partial charge in [-0.15, -0.1) is 0 Å². The standard InChI is InChI=1S/C36H34Si.2C11H16O.Zr/c1-5-25-23-29-19-13-21-31(27-15-9-7-10-16-27)33(29)35(25)37(3,4)36-26(6-2)24-30-20-14-22-32(34(30)36)28-17-11-8-12-18-28;2*1-8-5-6-10(12)9(7-8)11(2,3)4;/h7-24H,5-6H2,1-4H3;2*5-7,12H,1-4H3;/q;;;+2/p-2. The van der Waals surface area contributed by atoms with E-state index < -0.39 is 29.2 Å². The van der Waals surface area contributed by atoms with Gasteiger partial charge >= 0.3 is 381 Å². The van der Waals surface area contributed by atoms with Gasteiger partial charge in [0.25, 0.3) is 0 Å².